The van der Waals surface area contributed by atoms with Crippen LogP contribution in [0.25, 0.3) is 0 Å². The van der Waals surface area contributed by atoms with Gasteiger partial charge in [-0.05, 0) is 49.1 Å². The standard InChI is InChI=1S/C15H21N3O2/c1-18-6-2-3-13(18)15(20)17-16-14(19)9-12-8-10-4-5-11(12)7-10/h2-3,6,10-12H,4-5,7-9H2,1H3,(H,16,19)(H,17,20)/t10-,11-,12+/m0/s1. The molecule has 1 aromatic rings. The lowest BCUT2D eigenvalue weighted by Gasteiger charge is -2.20. The number of nitrogens with zero attached hydrogens (tertiary/aromatic N) is 1. The largest absolute Gasteiger partial charge is 0.347 e. The molecule has 2 amide bonds. The molecule has 5 heteroatoms. The number of hydrazine groups is 1. The molecule has 0 aromatic carbocycles. The molecule has 2 N–H and O–H groups in total. The third-order valence-corrected chi connectivity index (χ3v) is 4.82. The average molecular weight is 275 g/mol. The normalized spacial score (nSPS) is 27.6. The van der Waals surface area contributed by atoms with E-state index in [4.69, 9.17) is 0 Å². The van der Waals surface area contributed by atoms with Crippen LogP contribution in [0.3, 0.4) is 0 Å². The number of hydrogen-bond donors (Lipinski definition) is 2. The average Bonchev–Trinajstić information content (AvgIpc) is 3.12. The van der Waals surface area contributed by atoms with Crippen LogP contribution in [0.2, 0.25) is 0 Å². The molecule has 0 unspecified atom stereocenters. The number of carbonyl (C=O) groups is 2. The fourth-order valence-corrected chi connectivity index (χ4v) is 3.80. The van der Waals surface area contributed by atoms with Gasteiger partial charge in [-0.15, -0.1) is 0 Å². The van der Waals surface area contributed by atoms with Gasteiger partial charge < -0.3 is 4.57 Å². The van der Waals surface area contributed by atoms with Crippen LogP contribution in [0.4, 0.5) is 0 Å². The third kappa shape index (κ3) is 2.57. The predicted octanol–water partition coefficient (Wildman–Crippen LogP) is 1.61. The molecular formula is C15H21N3O2. The van der Waals surface area contributed by atoms with Crippen molar-refractivity contribution in [1.82, 2.24) is 15.4 Å². The summed E-state index contributed by atoms with van der Waals surface area (Å²) in [6, 6.07) is 3.52. The Kier molecular flexibility index (Phi) is 3.51. The summed E-state index contributed by atoms with van der Waals surface area (Å²) in [6.07, 6.45) is 7.43. The molecule has 2 aliphatic carbocycles. The molecule has 3 rings (SSSR count). The van der Waals surface area contributed by atoms with Gasteiger partial charge in [0, 0.05) is 19.7 Å². The van der Waals surface area contributed by atoms with Gasteiger partial charge in [0.2, 0.25) is 5.91 Å². The molecular weight excluding hydrogens is 254 g/mol. The fourth-order valence-electron chi connectivity index (χ4n) is 3.80. The van der Waals surface area contributed by atoms with Gasteiger partial charge in [0.15, 0.2) is 0 Å². The smallest absolute Gasteiger partial charge is 0.286 e. The van der Waals surface area contributed by atoms with Gasteiger partial charge in [0.05, 0.1) is 0 Å². The molecule has 1 aromatic heterocycles. The highest BCUT2D eigenvalue weighted by Crippen LogP contribution is 2.49. The number of aromatic nitrogens is 1. The number of carbonyl (C=O) groups excluding carboxylic acids is 2. The zero-order valence-corrected chi connectivity index (χ0v) is 11.8. The van der Waals surface area contributed by atoms with Crippen molar-refractivity contribution in [3.05, 3.63) is 24.0 Å². The van der Waals surface area contributed by atoms with E-state index in [1.165, 1.54) is 25.7 Å². The second-order valence-electron chi connectivity index (χ2n) is 6.15. The summed E-state index contributed by atoms with van der Waals surface area (Å²) in [7, 11) is 1.80. The Morgan fingerprint density at radius 1 is 1.30 bits per heavy atom. The maximum Gasteiger partial charge on any atom is 0.286 e. The first-order valence-corrected chi connectivity index (χ1v) is 7.34. The van der Waals surface area contributed by atoms with Gasteiger partial charge in [0.25, 0.3) is 5.91 Å². The summed E-state index contributed by atoms with van der Waals surface area (Å²) < 4.78 is 1.72. The topological polar surface area (TPSA) is 63.1 Å². The molecule has 3 atom stereocenters. The number of amides is 2. The zero-order valence-electron chi connectivity index (χ0n) is 11.8. The van der Waals surface area contributed by atoms with Gasteiger partial charge in [-0.25, -0.2) is 0 Å². The summed E-state index contributed by atoms with van der Waals surface area (Å²) in [5, 5.41) is 0. The van der Waals surface area contributed by atoms with Crippen LogP contribution in [0.1, 0.15) is 42.6 Å². The lowest BCUT2D eigenvalue weighted by molar-refractivity contribution is -0.123. The Bertz CT molecular complexity index is 523. The molecule has 0 spiro atoms. The summed E-state index contributed by atoms with van der Waals surface area (Å²) in [5.74, 6) is 1.73. The quantitative estimate of drug-likeness (QED) is 0.823. The minimum atomic E-state index is -0.279. The van der Waals surface area contributed by atoms with Crippen molar-refractivity contribution in [3.63, 3.8) is 0 Å². The van der Waals surface area contributed by atoms with Gasteiger partial charge >= 0.3 is 0 Å². The van der Waals surface area contributed by atoms with E-state index in [0.717, 1.165) is 11.8 Å². The first-order chi connectivity index (χ1) is 9.63. The van der Waals surface area contributed by atoms with Gasteiger partial charge in [-0.2, -0.15) is 0 Å². The van der Waals surface area contributed by atoms with E-state index in [2.05, 4.69) is 10.9 Å². The number of nitrogens with one attached hydrogen (secondary N) is 2. The van der Waals surface area contributed by atoms with Crippen molar-refractivity contribution in [3.8, 4) is 0 Å². The van der Waals surface area contributed by atoms with Gasteiger partial charge in [-0.1, -0.05) is 6.42 Å². The van der Waals surface area contributed by atoms with E-state index < -0.39 is 0 Å². The monoisotopic (exact) mass is 275 g/mol. The summed E-state index contributed by atoms with van der Waals surface area (Å²) in [6.45, 7) is 0. The van der Waals surface area contributed by atoms with Crippen molar-refractivity contribution < 1.29 is 9.59 Å². The molecule has 20 heavy (non-hydrogen) atoms. The Labute approximate surface area is 118 Å². The van der Waals surface area contributed by atoms with Crippen LogP contribution in [0.5, 0.6) is 0 Å². The lowest BCUT2D eigenvalue weighted by atomic mass is 9.86. The van der Waals surface area contributed by atoms with E-state index in [0.29, 0.717) is 18.0 Å². The summed E-state index contributed by atoms with van der Waals surface area (Å²) in [5.41, 5.74) is 5.55. The van der Waals surface area contributed by atoms with E-state index in [9.17, 15) is 9.59 Å². The molecule has 5 nitrogen and oxygen atoms in total. The Morgan fingerprint density at radius 2 is 2.15 bits per heavy atom. The first-order valence-electron chi connectivity index (χ1n) is 7.34. The first kappa shape index (κ1) is 13.2. The molecule has 2 saturated carbocycles. The van der Waals surface area contributed by atoms with Crippen molar-refractivity contribution in [2.75, 3.05) is 0 Å². The molecule has 108 valence electrons. The zero-order chi connectivity index (χ0) is 14.1. The van der Waals surface area contributed by atoms with Crippen LogP contribution in [-0.2, 0) is 11.8 Å². The number of aryl methyl sites for hydroxylation is 1. The van der Waals surface area contributed by atoms with Crippen molar-refractivity contribution in [2.45, 2.75) is 32.1 Å². The predicted molar refractivity (Wildman–Crippen MR) is 74.6 cm³/mol. The van der Waals surface area contributed by atoms with Crippen LogP contribution < -0.4 is 10.9 Å². The maximum atomic E-state index is 11.9. The minimum Gasteiger partial charge on any atom is -0.347 e. The highest BCUT2D eigenvalue weighted by Gasteiger charge is 2.40. The second kappa shape index (κ2) is 5.31. The molecule has 1 heterocycles. The molecule has 0 aliphatic heterocycles. The van der Waals surface area contributed by atoms with Gasteiger partial charge in [-0.3, -0.25) is 20.4 Å². The van der Waals surface area contributed by atoms with Crippen molar-refractivity contribution in [2.24, 2.45) is 24.8 Å². The second-order valence-corrected chi connectivity index (χ2v) is 6.15. The number of fused-ring (bicyclic) bond motifs is 2. The van der Waals surface area contributed by atoms with Gasteiger partial charge in [0.1, 0.15) is 5.69 Å². The lowest BCUT2D eigenvalue weighted by Crippen LogP contribution is -2.43. The van der Waals surface area contributed by atoms with E-state index in [1.54, 1.807) is 29.9 Å². The van der Waals surface area contributed by atoms with Crippen LogP contribution in [0.15, 0.2) is 18.3 Å². The summed E-state index contributed by atoms with van der Waals surface area (Å²) in [4.78, 5) is 23.8. The third-order valence-electron chi connectivity index (χ3n) is 4.82. The van der Waals surface area contributed by atoms with E-state index in [-0.39, 0.29) is 11.8 Å². The highest BCUT2D eigenvalue weighted by atomic mass is 16.2. The van der Waals surface area contributed by atoms with E-state index in [1.807, 2.05) is 0 Å². The molecule has 2 bridgehead atoms. The van der Waals surface area contributed by atoms with E-state index >= 15 is 0 Å². The Morgan fingerprint density at radius 3 is 2.75 bits per heavy atom. The number of hydrogen-bond acceptors (Lipinski definition) is 2. The molecule has 2 fully saturated rings. The molecule has 2 aliphatic rings. The highest BCUT2D eigenvalue weighted by molar-refractivity contribution is 5.94. The fraction of sp³-hybridized carbons (Fsp3) is 0.600. The van der Waals surface area contributed by atoms with Crippen LogP contribution in [0, 0.1) is 17.8 Å². The molecule has 0 saturated heterocycles. The van der Waals surface area contributed by atoms with Crippen molar-refractivity contribution >= 4 is 11.8 Å². The van der Waals surface area contributed by atoms with Crippen molar-refractivity contribution in [1.29, 1.82) is 0 Å². The number of rotatable bonds is 3. The molecule has 0 radical (unpaired) electrons. The summed E-state index contributed by atoms with van der Waals surface area (Å²) >= 11 is 0. The Balaban J connectivity index is 1.45. The SMILES string of the molecule is Cn1cccc1C(=O)NNC(=O)C[C@H]1C[C@H]2CC[C@H]1C2. The minimum absolute atomic E-state index is 0.0786. The van der Waals surface area contributed by atoms with Crippen LogP contribution >= 0.6 is 0 Å². The maximum absolute atomic E-state index is 11.9. The Hall–Kier alpha value is -1.78. The van der Waals surface area contributed by atoms with Crippen LogP contribution in [-0.4, -0.2) is 16.4 Å².